The average Bonchev–Trinajstić information content (AvgIpc) is 2.55. The maximum absolute atomic E-state index is 12.1. The van der Waals surface area contributed by atoms with Crippen molar-refractivity contribution in [1.29, 1.82) is 0 Å². The van der Waals surface area contributed by atoms with Crippen molar-refractivity contribution in [2.45, 2.75) is 32.4 Å². The third-order valence-corrected chi connectivity index (χ3v) is 4.42. The first kappa shape index (κ1) is 13.9. The van der Waals surface area contributed by atoms with Crippen molar-refractivity contribution in [3.63, 3.8) is 0 Å². The molecule has 0 aromatic heterocycles. The van der Waals surface area contributed by atoms with Crippen LogP contribution in [-0.4, -0.2) is 16.8 Å². The van der Waals surface area contributed by atoms with Crippen molar-refractivity contribution in [3.05, 3.63) is 71.8 Å². The second-order valence-electron chi connectivity index (χ2n) is 5.83. The van der Waals surface area contributed by atoms with Crippen LogP contribution in [-0.2, 0) is 17.8 Å². The lowest BCUT2D eigenvalue weighted by Crippen LogP contribution is -2.59. The standard InChI is InChI=1S/C19H21NO/c1-15-18(13-12-16-8-4-2-5-9-16)20(19(15)21)14-17-10-6-3-7-11-17/h2-11,15,18H,12-14H2,1H3/t15-,18-/m1/s1. The zero-order valence-electron chi connectivity index (χ0n) is 12.4. The molecular weight excluding hydrogens is 258 g/mol. The summed E-state index contributed by atoms with van der Waals surface area (Å²) in [5.74, 6) is 0.453. The molecular formula is C19H21NO. The van der Waals surface area contributed by atoms with Crippen LogP contribution in [0.25, 0.3) is 0 Å². The molecule has 2 heteroatoms. The van der Waals surface area contributed by atoms with E-state index in [0.717, 1.165) is 19.4 Å². The van der Waals surface area contributed by atoms with E-state index < -0.39 is 0 Å². The van der Waals surface area contributed by atoms with Crippen LogP contribution in [0.1, 0.15) is 24.5 Å². The lowest BCUT2D eigenvalue weighted by atomic mass is 9.84. The van der Waals surface area contributed by atoms with Gasteiger partial charge in [-0.25, -0.2) is 0 Å². The number of hydrogen-bond donors (Lipinski definition) is 0. The fraction of sp³-hybridized carbons (Fsp3) is 0.316. The van der Waals surface area contributed by atoms with Crippen molar-refractivity contribution < 1.29 is 4.79 Å². The van der Waals surface area contributed by atoms with Gasteiger partial charge in [0, 0.05) is 12.6 Å². The lowest BCUT2D eigenvalue weighted by Gasteiger charge is -2.46. The van der Waals surface area contributed by atoms with Gasteiger partial charge in [-0.15, -0.1) is 0 Å². The normalized spacial score (nSPS) is 21.2. The summed E-state index contributed by atoms with van der Waals surface area (Å²) in [5, 5.41) is 0. The summed E-state index contributed by atoms with van der Waals surface area (Å²) in [6.07, 6.45) is 2.08. The minimum Gasteiger partial charge on any atom is -0.334 e. The predicted octanol–water partition coefficient (Wildman–Crippen LogP) is 3.67. The fourth-order valence-electron chi connectivity index (χ4n) is 3.12. The SMILES string of the molecule is C[C@H]1C(=O)N(Cc2ccccc2)[C@@H]1CCc1ccccc1. The van der Waals surface area contributed by atoms with Crippen molar-refractivity contribution in [2.24, 2.45) is 5.92 Å². The highest BCUT2D eigenvalue weighted by Crippen LogP contribution is 2.31. The summed E-state index contributed by atoms with van der Waals surface area (Å²) in [4.78, 5) is 14.1. The molecule has 21 heavy (non-hydrogen) atoms. The molecule has 2 nitrogen and oxygen atoms in total. The highest BCUT2D eigenvalue weighted by molar-refractivity contribution is 5.85. The molecule has 1 fully saturated rings. The van der Waals surface area contributed by atoms with E-state index >= 15 is 0 Å². The molecule has 0 aliphatic carbocycles. The number of aryl methyl sites for hydroxylation is 1. The van der Waals surface area contributed by atoms with E-state index in [-0.39, 0.29) is 11.8 Å². The number of likely N-dealkylation sites (tertiary alicyclic amines) is 1. The van der Waals surface area contributed by atoms with Gasteiger partial charge < -0.3 is 4.90 Å². The molecule has 108 valence electrons. The molecule has 0 radical (unpaired) electrons. The third-order valence-electron chi connectivity index (χ3n) is 4.42. The van der Waals surface area contributed by atoms with Crippen LogP contribution >= 0.6 is 0 Å². The summed E-state index contributed by atoms with van der Waals surface area (Å²) >= 11 is 0. The number of β-lactam (4-membered cyclic amide) rings is 1. The number of amides is 1. The van der Waals surface area contributed by atoms with Crippen LogP contribution < -0.4 is 0 Å². The summed E-state index contributed by atoms with van der Waals surface area (Å²) in [7, 11) is 0. The molecule has 1 saturated heterocycles. The Kier molecular flexibility index (Phi) is 4.05. The molecule has 1 aliphatic heterocycles. The van der Waals surface area contributed by atoms with E-state index in [1.807, 2.05) is 29.2 Å². The molecule has 0 N–H and O–H groups in total. The number of rotatable bonds is 5. The third kappa shape index (κ3) is 2.99. The Bertz CT molecular complexity index is 593. The van der Waals surface area contributed by atoms with Gasteiger partial charge in [-0.05, 0) is 24.0 Å². The topological polar surface area (TPSA) is 20.3 Å². The van der Waals surface area contributed by atoms with E-state index in [4.69, 9.17) is 0 Å². The maximum atomic E-state index is 12.1. The first-order valence-corrected chi connectivity index (χ1v) is 7.64. The summed E-state index contributed by atoms with van der Waals surface area (Å²) in [5.41, 5.74) is 2.56. The van der Waals surface area contributed by atoms with Gasteiger partial charge >= 0.3 is 0 Å². The number of benzene rings is 2. The first-order valence-electron chi connectivity index (χ1n) is 7.64. The molecule has 0 bridgehead atoms. The molecule has 0 saturated carbocycles. The number of carbonyl (C=O) groups is 1. The quantitative estimate of drug-likeness (QED) is 0.765. The second kappa shape index (κ2) is 6.13. The molecule has 1 heterocycles. The number of nitrogens with zero attached hydrogens (tertiary/aromatic N) is 1. The van der Waals surface area contributed by atoms with Crippen LogP contribution in [0, 0.1) is 5.92 Å². The van der Waals surface area contributed by atoms with Crippen LogP contribution in [0.2, 0.25) is 0 Å². The Labute approximate surface area is 126 Å². The molecule has 1 aliphatic rings. The van der Waals surface area contributed by atoms with Gasteiger partial charge in [-0.1, -0.05) is 67.6 Å². The van der Waals surface area contributed by atoms with Gasteiger partial charge in [0.15, 0.2) is 0 Å². The largest absolute Gasteiger partial charge is 0.334 e. The first-order chi connectivity index (χ1) is 10.3. The molecule has 2 aromatic rings. The molecule has 3 rings (SSSR count). The van der Waals surface area contributed by atoms with E-state index in [9.17, 15) is 4.79 Å². The monoisotopic (exact) mass is 279 g/mol. The highest BCUT2D eigenvalue weighted by atomic mass is 16.2. The molecule has 0 unspecified atom stereocenters. The zero-order valence-corrected chi connectivity index (χ0v) is 12.4. The van der Waals surface area contributed by atoms with Crippen molar-refractivity contribution in [3.8, 4) is 0 Å². The smallest absolute Gasteiger partial charge is 0.228 e. The van der Waals surface area contributed by atoms with Crippen LogP contribution in [0.3, 0.4) is 0 Å². The Morgan fingerprint density at radius 2 is 1.48 bits per heavy atom. The molecule has 0 spiro atoms. The van der Waals surface area contributed by atoms with Crippen molar-refractivity contribution >= 4 is 5.91 Å². The highest BCUT2D eigenvalue weighted by Gasteiger charge is 2.43. The van der Waals surface area contributed by atoms with Gasteiger partial charge in [-0.2, -0.15) is 0 Å². The Morgan fingerprint density at radius 3 is 2.10 bits per heavy atom. The summed E-state index contributed by atoms with van der Waals surface area (Å²) in [6.45, 7) is 2.79. The Hall–Kier alpha value is -2.09. The molecule has 1 amide bonds. The Balaban J connectivity index is 1.62. The lowest BCUT2D eigenvalue weighted by molar-refractivity contribution is -0.156. The maximum Gasteiger partial charge on any atom is 0.228 e. The predicted molar refractivity (Wildman–Crippen MR) is 84.7 cm³/mol. The van der Waals surface area contributed by atoms with Gasteiger partial charge in [0.05, 0.1) is 5.92 Å². The second-order valence-corrected chi connectivity index (χ2v) is 5.83. The number of carbonyl (C=O) groups excluding carboxylic acids is 1. The fourth-order valence-corrected chi connectivity index (χ4v) is 3.12. The number of hydrogen-bond acceptors (Lipinski definition) is 1. The van der Waals surface area contributed by atoms with E-state index in [2.05, 4.69) is 43.3 Å². The van der Waals surface area contributed by atoms with Gasteiger partial charge in [0.2, 0.25) is 5.91 Å². The van der Waals surface area contributed by atoms with Crippen molar-refractivity contribution in [1.82, 2.24) is 4.90 Å². The minimum absolute atomic E-state index is 0.164. The van der Waals surface area contributed by atoms with Crippen LogP contribution in [0.4, 0.5) is 0 Å². The van der Waals surface area contributed by atoms with Gasteiger partial charge in [0.1, 0.15) is 0 Å². The van der Waals surface area contributed by atoms with Crippen LogP contribution in [0.5, 0.6) is 0 Å². The zero-order chi connectivity index (χ0) is 14.7. The minimum atomic E-state index is 0.164. The molecule has 2 atom stereocenters. The molecule has 2 aromatic carbocycles. The van der Waals surface area contributed by atoms with E-state index in [1.54, 1.807) is 0 Å². The average molecular weight is 279 g/mol. The van der Waals surface area contributed by atoms with Gasteiger partial charge in [0.25, 0.3) is 0 Å². The van der Waals surface area contributed by atoms with E-state index in [0.29, 0.717) is 6.04 Å². The van der Waals surface area contributed by atoms with Gasteiger partial charge in [-0.3, -0.25) is 4.79 Å². The summed E-state index contributed by atoms with van der Waals surface area (Å²) in [6, 6.07) is 21.1. The summed E-state index contributed by atoms with van der Waals surface area (Å²) < 4.78 is 0. The Morgan fingerprint density at radius 1 is 0.905 bits per heavy atom. The van der Waals surface area contributed by atoms with Crippen molar-refractivity contribution in [2.75, 3.05) is 0 Å². The van der Waals surface area contributed by atoms with E-state index in [1.165, 1.54) is 11.1 Å². The van der Waals surface area contributed by atoms with Crippen LogP contribution in [0.15, 0.2) is 60.7 Å².